The van der Waals surface area contributed by atoms with Crippen molar-refractivity contribution in [2.45, 2.75) is 86.4 Å². The van der Waals surface area contributed by atoms with E-state index in [0.29, 0.717) is 22.2 Å². The minimum absolute atomic E-state index is 0.425. The van der Waals surface area contributed by atoms with Gasteiger partial charge in [0.15, 0.2) is 0 Å². The maximum atomic E-state index is 4.22. The lowest BCUT2D eigenvalue weighted by molar-refractivity contribution is -0.000470. The molecule has 0 radical (unpaired) electrons. The summed E-state index contributed by atoms with van der Waals surface area (Å²) in [6.45, 7) is 14.3. The molecule has 60 heavy (non-hydrogen) atoms. The number of likely N-dealkylation sites (N-methyl/N-ethyl adjacent to an activating group) is 2. The number of nitrogens with zero attached hydrogens (tertiary/aromatic N) is 10. The summed E-state index contributed by atoms with van der Waals surface area (Å²) in [5.74, 6) is 0. The second-order valence-electron chi connectivity index (χ2n) is 19.0. The van der Waals surface area contributed by atoms with Gasteiger partial charge in [-0.25, -0.2) is 0 Å². The highest BCUT2D eigenvalue weighted by Crippen LogP contribution is 2.40. The normalized spacial score (nSPS) is 27.4. The highest BCUT2D eigenvalue weighted by Gasteiger charge is 2.49. The van der Waals surface area contributed by atoms with Crippen LogP contribution in [-0.4, -0.2) is 145 Å². The topological polar surface area (TPSA) is 95.1 Å². The minimum atomic E-state index is 0.425. The molecule has 4 aromatic rings. The van der Waals surface area contributed by atoms with E-state index in [1.165, 1.54) is 146 Å². The fraction of sp³-hybridized carbons (Fsp3) is 0.583. The zero-order chi connectivity index (χ0) is 40.9. The van der Waals surface area contributed by atoms with Crippen molar-refractivity contribution >= 4 is 22.7 Å². The van der Waals surface area contributed by atoms with Gasteiger partial charge < -0.3 is 30.2 Å². The van der Waals surface area contributed by atoms with Crippen LogP contribution in [0.1, 0.15) is 64.2 Å². The summed E-state index contributed by atoms with van der Waals surface area (Å²) < 4.78 is 0. The van der Waals surface area contributed by atoms with Crippen LogP contribution >= 0.6 is 0 Å². The molecule has 0 bridgehead atoms. The first-order valence-corrected chi connectivity index (χ1v) is 22.9. The number of anilines is 4. The number of nitrogens with one attached hydrogen (secondary N) is 2. The summed E-state index contributed by atoms with van der Waals surface area (Å²) in [7, 11) is 4.52. The molecule has 2 unspecified atom stereocenters. The van der Waals surface area contributed by atoms with E-state index in [9.17, 15) is 0 Å². The molecule has 8 aliphatic heterocycles. The molecule has 0 aliphatic carbocycles. The van der Waals surface area contributed by atoms with Crippen LogP contribution in [0.4, 0.5) is 22.7 Å². The largest absolute Gasteiger partial charge is 0.368 e. The van der Waals surface area contributed by atoms with Crippen molar-refractivity contribution < 1.29 is 0 Å². The van der Waals surface area contributed by atoms with E-state index >= 15 is 0 Å². The summed E-state index contributed by atoms with van der Waals surface area (Å²) in [6.07, 6.45) is 28.6. The van der Waals surface area contributed by atoms with Gasteiger partial charge in [0.1, 0.15) is 0 Å². The summed E-state index contributed by atoms with van der Waals surface area (Å²) in [4.78, 5) is 31.5. The zero-order valence-corrected chi connectivity index (χ0v) is 36.3. The minimum Gasteiger partial charge on any atom is -0.368 e. The van der Waals surface area contributed by atoms with Gasteiger partial charge in [0, 0.05) is 94.8 Å². The van der Waals surface area contributed by atoms with E-state index in [1.54, 1.807) is 0 Å². The molecule has 0 amide bonds. The maximum absolute atomic E-state index is 4.22. The van der Waals surface area contributed by atoms with Gasteiger partial charge >= 0.3 is 0 Å². The molecule has 12 heterocycles. The molecular formula is C48H68N12. The number of pyridine rings is 4. The Kier molecular flexibility index (Phi) is 12.3. The maximum Gasteiger partial charge on any atom is 0.0557 e. The van der Waals surface area contributed by atoms with Crippen LogP contribution in [0.2, 0.25) is 0 Å². The van der Waals surface area contributed by atoms with Gasteiger partial charge in [-0.05, 0) is 146 Å². The van der Waals surface area contributed by atoms with Gasteiger partial charge in [-0.15, -0.1) is 0 Å². The fourth-order valence-corrected chi connectivity index (χ4v) is 11.2. The van der Waals surface area contributed by atoms with Gasteiger partial charge in [0.05, 0.1) is 58.6 Å². The van der Waals surface area contributed by atoms with Crippen molar-refractivity contribution in [1.82, 2.24) is 40.4 Å². The molecule has 4 aromatic heterocycles. The van der Waals surface area contributed by atoms with Crippen LogP contribution in [0, 0.1) is 0 Å². The van der Waals surface area contributed by atoms with Gasteiger partial charge in [0.2, 0.25) is 0 Å². The van der Waals surface area contributed by atoms with Crippen LogP contribution in [0.15, 0.2) is 98.1 Å². The molecule has 8 fully saturated rings. The molecule has 2 N–H and O–H groups in total. The Morgan fingerprint density at radius 1 is 0.417 bits per heavy atom. The van der Waals surface area contributed by atoms with Gasteiger partial charge in [-0.1, -0.05) is 0 Å². The predicted octanol–water partition coefficient (Wildman–Crippen LogP) is 5.56. The van der Waals surface area contributed by atoms with Gasteiger partial charge in [0.25, 0.3) is 0 Å². The second-order valence-corrected chi connectivity index (χ2v) is 19.0. The van der Waals surface area contributed by atoms with Gasteiger partial charge in [-0.3, -0.25) is 29.7 Å². The number of likely N-dealkylation sites (tertiary alicyclic amines) is 2. The molecule has 12 rings (SSSR count). The Labute approximate surface area is 358 Å². The van der Waals surface area contributed by atoms with E-state index in [0.717, 1.165) is 19.6 Å². The summed E-state index contributed by atoms with van der Waals surface area (Å²) in [5, 5.41) is 7.21. The molecule has 0 aromatic carbocycles. The molecule has 320 valence electrons. The Morgan fingerprint density at radius 2 is 0.850 bits per heavy atom. The number of hydrogen-bond donors (Lipinski definition) is 2. The van der Waals surface area contributed by atoms with Crippen LogP contribution in [0.5, 0.6) is 0 Å². The van der Waals surface area contributed by atoms with Crippen molar-refractivity contribution in [2.75, 3.05) is 112 Å². The quantitative estimate of drug-likeness (QED) is 0.271. The molecule has 12 heteroatoms. The highest BCUT2D eigenvalue weighted by atomic mass is 15.4. The molecule has 12 nitrogen and oxygen atoms in total. The molecule has 0 saturated carbocycles. The number of aromatic nitrogens is 4. The van der Waals surface area contributed by atoms with Crippen LogP contribution in [0.3, 0.4) is 0 Å². The average Bonchev–Trinajstić information content (AvgIpc) is 3.94. The zero-order valence-electron chi connectivity index (χ0n) is 36.3. The smallest absolute Gasteiger partial charge is 0.0557 e. The van der Waals surface area contributed by atoms with E-state index < -0.39 is 0 Å². The third kappa shape index (κ3) is 8.84. The number of rotatable bonds is 4. The van der Waals surface area contributed by atoms with Crippen LogP contribution < -0.4 is 30.2 Å². The Morgan fingerprint density at radius 3 is 1.28 bits per heavy atom. The van der Waals surface area contributed by atoms with E-state index in [-0.39, 0.29) is 0 Å². The lowest BCUT2D eigenvalue weighted by atomic mass is 9.78. The molecule has 2 atom stereocenters. The second kappa shape index (κ2) is 17.9. The van der Waals surface area contributed by atoms with Gasteiger partial charge in [-0.2, -0.15) is 0 Å². The Hall–Kier alpha value is -4.36. The first-order chi connectivity index (χ1) is 29.4. The first-order valence-electron chi connectivity index (χ1n) is 22.9. The standard InChI is InChI=1S/C13H19N3.2C12H17N3.C11H15N3/c1-15-9-6-13(15)5-3-8-16(11-13)12-4-2-7-14-10-12;1-14-7-3-5-12(14)9-15(10-12)11-4-2-6-13-8-11;1-3-11(9-13-6-1)15-8-2-4-12(10-15)5-7-14-12;1-3-10(7-12-5-1)14-8-11(9-14)4-2-6-13-11/h2,4,7,10H,3,5-6,8-9,11H2,1H3;2,4,6,8H,3,5,7,9-10H2,1H3;1,3,6,9,14H,2,4-5,7-8,10H2;1,3,5,7,13H,2,4,6,8-9H2. The van der Waals surface area contributed by atoms with E-state index in [1.807, 2.05) is 73.8 Å². The highest BCUT2D eigenvalue weighted by molar-refractivity contribution is 5.50. The van der Waals surface area contributed by atoms with E-state index in [2.05, 4.69) is 98.3 Å². The van der Waals surface area contributed by atoms with Crippen molar-refractivity contribution in [3.63, 3.8) is 0 Å². The summed E-state index contributed by atoms with van der Waals surface area (Å²) >= 11 is 0. The average molecular weight is 813 g/mol. The number of hydrogen-bond acceptors (Lipinski definition) is 12. The molecular weight excluding hydrogens is 745 g/mol. The van der Waals surface area contributed by atoms with Crippen LogP contribution in [0.25, 0.3) is 0 Å². The summed E-state index contributed by atoms with van der Waals surface area (Å²) in [6, 6.07) is 16.7. The first kappa shape index (κ1) is 41.0. The predicted molar refractivity (Wildman–Crippen MR) is 244 cm³/mol. The lowest BCUT2D eigenvalue weighted by Crippen LogP contribution is -2.67. The summed E-state index contributed by atoms with van der Waals surface area (Å²) in [5.41, 5.74) is 6.89. The molecule has 4 spiro atoms. The Balaban J connectivity index is 0.000000103. The monoisotopic (exact) mass is 813 g/mol. The SMILES string of the molecule is CN1CCC12CCCN(c1cccnc1)C2.CN1CCCC12CN(c1cccnc1)C2.c1cncc(N2CC3(CCCN3)C2)c1.c1cncc(N2CCCC3(CCN3)C2)c1. The number of piperidine rings is 2. The van der Waals surface area contributed by atoms with Crippen molar-refractivity contribution in [2.24, 2.45) is 0 Å². The van der Waals surface area contributed by atoms with Crippen LogP contribution in [-0.2, 0) is 0 Å². The lowest BCUT2D eigenvalue weighted by Gasteiger charge is -2.56. The van der Waals surface area contributed by atoms with E-state index in [4.69, 9.17) is 0 Å². The Bertz CT molecular complexity index is 1910. The van der Waals surface area contributed by atoms with Crippen molar-refractivity contribution in [3.8, 4) is 0 Å². The third-order valence-corrected chi connectivity index (χ3v) is 15.2. The fourth-order valence-electron chi connectivity index (χ4n) is 11.2. The van der Waals surface area contributed by atoms with Crippen molar-refractivity contribution in [1.29, 1.82) is 0 Å². The molecule has 8 aliphatic rings. The molecule has 8 saturated heterocycles. The van der Waals surface area contributed by atoms with Crippen molar-refractivity contribution in [3.05, 3.63) is 98.1 Å². The third-order valence-electron chi connectivity index (χ3n) is 15.2.